The Hall–Kier alpha value is -1.75. The lowest BCUT2D eigenvalue weighted by Gasteiger charge is -2.21. The largest absolute Gasteiger partial charge is 0.444 e. The van der Waals surface area contributed by atoms with Crippen LogP contribution in [0.4, 0.5) is 16.2 Å². The molecule has 1 aliphatic heterocycles. The van der Waals surface area contributed by atoms with Crippen LogP contribution in [0.3, 0.4) is 0 Å². The molecule has 6 heteroatoms. The van der Waals surface area contributed by atoms with E-state index in [-0.39, 0.29) is 11.3 Å². The molecule has 0 spiro atoms. The molecule has 1 fully saturated rings. The zero-order valence-corrected chi connectivity index (χ0v) is 14.0. The third-order valence-electron chi connectivity index (χ3n) is 3.22. The predicted octanol–water partition coefficient (Wildman–Crippen LogP) is 3.69. The summed E-state index contributed by atoms with van der Waals surface area (Å²) in [5, 5.41) is 2.51. The Morgan fingerprint density at radius 3 is 2.64 bits per heavy atom. The fourth-order valence-corrected chi connectivity index (χ4v) is 2.57. The van der Waals surface area contributed by atoms with Crippen LogP contribution in [-0.2, 0) is 9.53 Å². The molecule has 0 aliphatic carbocycles. The Labute approximate surface area is 135 Å². The molecule has 1 aromatic carbocycles. The summed E-state index contributed by atoms with van der Waals surface area (Å²) in [7, 11) is 0. The van der Waals surface area contributed by atoms with Crippen molar-refractivity contribution in [3.63, 3.8) is 0 Å². The molecule has 1 N–H and O–H groups in total. The van der Waals surface area contributed by atoms with Gasteiger partial charge in [-0.15, -0.1) is 11.6 Å². The van der Waals surface area contributed by atoms with E-state index < -0.39 is 11.7 Å². The second-order valence-electron chi connectivity index (χ2n) is 6.43. The molecule has 1 aliphatic rings. The van der Waals surface area contributed by atoms with Crippen LogP contribution in [-0.4, -0.2) is 29.5 Å². The average molecular weight is 325 g/mol. The van der Waals surface area contributed by atoms with Crippen LogP contribution in [0.2, 0.25) is 0 Å². The molecule has 22 heavy (non-hydrogen) atoms. The summed E-state index contributed by atoms with van der Waals surface area (Å²) in [6.45, 7) is 7.81. The maximum absolute atomic E-state index is 12.0. The minimum absolute atomic E-state index is 0.00230. The quantitative estimate of drug-likeness (QED) is 0.844. The van der Waals surface area contributed by atoms with Crippen molar-refractivity contribution >= 4 is 35.0 Å². The highest BCUT2D eigenvalue weighted by Gasteiger charge is 2.30. The lowest BCUT2D eigenvalue weighted by Crippen LogP contribution is -2.28. The van der Waals surface area contributed by atoms with Crippen molar-refractivity contribution in [3.05, 3.63) is 23.8 Å². The fourth-order valence-electron chi connectivity index (χ4n) is 2.30. The molecular weight excluding hydrogens is 304 g/mol. The zero-order valence-electron chi connectivity index (χ0n) is 13.3. The highest BCUT2D eigenvalue weighted by molar-refractivity contribution is 6.24. The lowest BCUT2D eigenvalue weighted by molar-refractivity contribution is -0.117. The highest BCUT2D eigenvalue weighted by atomic mass is 35.5. The molecule has 120 valence electrons. The van der Waals surface area contributed by atoms with Gasteiger partial charge in [0.15, 0.2) is 0 Å². The number of nitrogens with one attached hydrogen (secondary N) is 1. The number of nitrogens with zero attached hydrogens (tertiary/aromatic N) is 1. The Kier molecular flexibility index (Phi) is 4.66. The average Bonchev–Trinajstić information content (AvgIpc) is 2.68. The normalized spacial score (nSPS) is 18.5. The SMILES string of the molecule is Cc1ccc(NC(=O)OC(C)(C)C)cc1N1CC(Cl)CC1=O. The Bertz CT molecular complexity index is 596. The van der Waals surface area contributed by atoms with Gasteiger partial charge < -0.3 is 9.64 Å². The molecule has 2 rings (SSSR count). The minimum atomic E-state index is -0.561. The highest BCUT2D eigenvalue weighted by Crippen LogP contribution is 2.29. The van der Waals surface area contributed by atoms with Crippen molar-refractivity contribution in [3.8, 4) is 0 Å². The van der Waals surface area contributed by atoms with Gasteiger partial charge in [-0.05, 0) is 45.4 Å². The third-order valence-corrected chi connectivity index (χ3v) is 3.52. The van der Waals surface area contributed by atoms with Crippen molar-refractivity contribution in [2.24, 2.45) is 0 Å². The number of hydrogen-bond donors (Lipinski definition) is 1. The first-order chi connectivity index (χ1) is 10.2. The van der Waals surface area contributed by atoms with E-state index in [0.29, 0.717) is 18.7 Å². The number of carbonyl (C=O) groups is 2. The number of ether oxygens (including phenoxy) is 1. The van der Waals surface area contributed by atoms with Crippen LogP contribution < -0.4 is 10.2 Å². The molecule has 0 bridgehead atoms. The number of alkyl halides is 1. The summed E-state index contributed by atoms with van der Waals surface area (Å²) in [5.74, 6) is -0.00230. The standard InChI is InChI=1S/C16H21ClN2O3/c1-10-5-6-12(18-15(21)22-16(2,3)4)8-13(10)19-9-11(17)7-14(19)20/h5-6,8,11H,7,9H2,1-4H3,(H,18,21). The van der Waals surface area contributed by atoms with Crippen molar-refractivity contribution in [2.75, 3.05) is 16.8 Å². The lowest BCUT2D eigenvalue weighted by atomic mass is 10.1. The first kappa shape index (κ1) is 16.6. The van der Waals surface area contributed by atoms with Gasteiger partial charge in [0, 0.05) is 24.3 Å². The van der Waals surface area contributed by atoms with Gasteiger partial charge in [-0.25, -0.2) is 4.79 Å². The molecule has 1 aromatic rings. The molecule has 1 heterocycles. The van der Waals surface area contributed by atoms with E-state index in [0.717, 1.165) is 11.3 Å². The smallest absolute Gasteiger partial charge is 0.412 e. The molecule has 2 amide bonds. The third kappa shape index (κ3) is 4.13. The molecule has 0 aromatic heterocycles. The Morgan fingerprint density at radius 1 is 1.41 bits per heavy atom. The summed E-state index contributed by atoms with van der Waals surface area (Å²) >= 11 is 6.05. The summed E-state index contributed by atoms with van der Waals surface area (Å²) in [6.07, 6.45) is -0.185. The van der Waals surface area contributed by atoms with Gasteiger partial charge in [0.25, 0.3) is 0 Å². The van der Waals surface area contributed by atoms with E-state index >= 15 is 0 Å². The van der Waals surface area contributed by atoms with E-state index in [1.54, 1.807) is 37.8 Å². The van der Waals surface area contributed by atoms with Gasteiger partial charge in [0.2, 0.25) is 5.91 Å². The van der Waals surface area contributed by atoms with E-state index in [4.69, 9.17) is 16.3 Å². The monoisotopic (exact) mass is 324 g/mol. The van der Waals surface area contributed by atoms with Crippen LogP contribution in [0, 0.1) is 6.92 Å². The minimum Gasteiger partial charge on any atom is -0.444 e. The van der Waals surface area contributed by atoms with Crippen LogP contribution in [0.15, 0.2) is 18.2 Å². The van der Waals surface area contributed by atoms with Gasteiger partial charge >= 0.3 is 6.09 Å². The van der Waals surface area contributed by atoms with E-state index in [9.17, 15) is 9.59 Å². The molecular formula is C16H21ClN2O3. The van der Waals surface area contributed by atoms with Crippen molar-refractivity contribution < 1.29 is 14.3 Å². The molecule has 1 unspecified atom stereocenters. The Balaban J connectivity index is 2.17. The number of rotatable bonds is 2. The van der Waals surface area contributed by atoms with Crippen LogP contribution in [0.25, 0.3) is 0 Å². The number of hydrogen-bond acceptors (Lipinski definition) is 3. The second kappa shape index (κ2) is 6.16. The topological polar surface area (TPSA) is 58.6 Å². The Morgan fingerprint density at radius 2 is 2.09 bits per heavy atom. The van der Waals surface area contributed by atoms with Crippen LogP contribution >= 0.6 is 11.6 Å². The van der Waals surface area contributed by atoms with Gasteiger partial charge in [-0.2, -0.15) is 0 Å². The predicted molar refractivity (Wildman–Crippen MR) is 87.6 cm³/mol. The number of amides is 2. The first-order valence-corrected chi connectivity index (χ1v) is 7.64. The molecule has 5 nitrogen and oxygen atoms in total. The molecule has 0 radical (unpaired) electrons. The fraction of sp³-hybridized carbons (Fsp3) is 0.500. The first-order valence-electron chi connectivity index (χ1n) is 7.21. The zero-order chi connectivity index (χ0) is 16.5. The molecule has 1 saturated heterocycles. The number of aryl methyl sites for hydroxylation is 1. The van der Waals surface area contributed by atoms with Crippen molar-refractivity contribution in [2.45, 2.75) is 45.1 Å². The number of benzene rings is 1. The maximum atomic E-state index is 12.0. The van der Waals surface area contributed by atoms with E-state index in [1.165, 1.54) is 0 Å². The van der Waals surface area contributed by atoms with E-state index in [2.05, 4.69) is 5.32 Å². The van der Waals surface area contributed by atoms with Crippen molar-refractivity contribution in [1.82, 2.24) is 0 Å². The summed E-state index contributed by atoms with van der Waals surface area (Å²) in [6, 6.07) is 5.41. The van der Waals surface area contributed by atoms with E-state index in [1.807, 2.05) is 13.0 Å². The molecule has 0 saturated carbocycles. The number of anilines is 2. The van der Waals surface area contributed by atoms with Gasteiger partial charge in [0.05, 0.1) is 5.38 Å². The summed E-state index contributed by atoms with van der Waals surface area (Å²) < 4.78 is 5.22. The summed E-state index contributed by atoms with van der Waals surface area (Å²) in [4.78, 5) is 25.5. The molecule has 1 atom stereocenters. The maximum Gasteiger partial charge on any atom is 0.412 e. The number of halogens is 1. The van der Waals surface area contributed by atoms with Gasteiger partial charge in [-0.1, -0.05) is 6.07 Å². The number of carbonyl (C=O) groups excluding carboxylic acids is 2. The van der Waals surface area contributed by atoms with Crippen LogP contribution in [0.1, 0.15) is 32.8 Å². The van der Waals surface area contributed by atoms with Gasteiger partial charge in [-0.3, -0.25) is 10.1 Å². The van der Waals surface area contributed by atoms with Gasteiger partial charge in [0.1, 0.15) is 5.60 Å². The van der Waals surface area contributed by atoms with Crippen molar-refractivity contribution in [1.29, 1.82) is 0 Å². The second-order valence-corrected chi connectivity index (χ2v) is 7.05. The summed E-state index contributed by atoms with van der Waals surface area (Å²) in [5.41, 5.74) is 1.74. The van der Waals surface area contributed by atoms with Crippen LogP contribution in [0.5, 0.6) is 0 Å².